The number of esters is 1. The fraction of sp³-hybridized carbons (Fsp3) is 0.345. The molecule has 190 valence electrons. The van der Waals surface area contributed by atoms with Gasteiger partial charge in [0.1, 0.15) is 12.1 Å². The van der Waals surface area contributed by atoms with Gasteiger partial charge in [0.05, 0.1) is 13.7 Å². The van der Waals surface area contributed by atoms with Crippen LogP contribution in [0.25, 0.3) is 0 Å². The van der Waals surface area contributed by atoms with Crippen LogP contribution in [-0.2, 0) is 9.53 Å². The third kappa shape index (κ3) is 6.84. The smallest absolute Gasteiger partial charge is 0.328 e. The average Bonchev–Trinajstić information content (AvgIpc) is 2.88. The highest BCUT2D eigenvalue weighted by atomic mass is 16.5. The molecule has 3 rings (SSSR count). The summed E-state index contributed by atoms with van der Waals surface area (Å²) in [6, 6.07) is 20.5. The first-order valence-corrected chi connectivity index (χ1v) is 12.1. The van der Waals surface area contributed by atoms with Crippen molar-refractivity contribution >= 4 is 11.9 Å². The molecule has 0 unspecified atom stereocenters. The number of hydrogen-bond acceptors (Lipinski definition) is 6. The molecule has 36 heavy (non-hydrogen) atoms. The van der Waals surface area contributed by atoms with E-state index in [0.29, 0.717) is 12.4 Å². The molecule has 1 aromatic heterocycles. The van der Waals surface area contributed by atoms with Crippen LogP contribution in [0.3, 0.4) is 0 Å². The van der Waals surface area contributed by atoms with Crippen LogP contribution in [0.15, 0.2) is 72.9 Å². The Bertz CT molecular complexity index is 1100. The summed E-state index contributed by atoms with van der Waals surface area (Å²) in [6.07, 6.45) is 0.993. The fourth-order valence-electron chi connectivity index (χ4n) is 3.87. The number of hydrogen-bond donors (Lipinski definition) is 1. The van der Waals surface area contributed by atoms with Crippen molar-refractivity contribution in [3.63, 3.8) is 0 Å². The lowest BCUT2D eigenvalue weighted by molar-refractivity contribution is -0.150. The number of nitrogens with zero attached hydrogens (tertiary/aromatic N) is 1. The second kappa shape index (κ2) is 12.7. The zero-order valence-electron chi connectivity index (χ0n) is 21.4. The Morgan fingerprint density at radius 3 is 2.00 bits per heavy atom. The summed E-state index contributed by atoms with van der Waals surface area (Å²) in [7, 11) is 1.50. The first-order chi connectivity index (χ1) is 17.3. The van der Waals surface area contributed by atoms with E-state index in [-0.39, 0.29) is 23.3 Å². The minimum atomic E-state index is -0.905. The van der Waals surface area contributed by atoms with Gasteiger partial charge in [0.15, 0.2) is 17.2 Å². The molecular weight excluding hydrogens is 456 g/mol. The number of aromatic nitrogens is 1. The summed E-state index contributed by atoms with van der Waals surface area (Å²) in [5.74, 6) is -0.368. The van der Waals surface area contributed by atoms with E-state index >= 15 is 0 Å². The van der Waals surface area contributed by atoms with Crippen LogP contribution in [0, 0.1) is 5.92 Å². The number of nitrogens with one attached hydrogen (secondary N) is 1. The molecule has 0 radical (unpaired) electrons. The Morgan fingerprint density at radius 1 is 0.889 bits per heavy atom. The van der Waals surface area contributed by atoms with Gasteiger partial charge in [-0.3, -0.25) is 4.79 Å². The van der Waals surface area contributed by atoms with E-state index in [1.807, 2.05) is 81.4 Å². The van der Waals surface area contributed by atoms with Crippen LogP contribution >= 0.6 is 0 Å². The molecule has 1 N–H and O–H groups in total. The van der Waals surface area contributed by atoms with Gasteiger partial charge >= 0.3 is 5.97 Å². The van der Waals surface area contributed by atoms with Gasteiger partial charge in [0.2, 0.25) is 0 Å². The first kappa shape index (κ1) is 26.7. The number of rotatable bonds is 11. The van der Waals surface area contributed by atoms with Crippen molar-refractivity contribution in [2.45, 2.75) is 45.8 Å². The molecule has 0 fully saturated rings. The first-order valence-electron chi connectivity index (χ1n) is 12.1. The standard InChI is InChI=1S/C29H34N2O5/c1-19(2)18-35-27-24(34-5)16-17-30-26(27)28(32)31-20(3)29(33)36-21(4)25(22-12-8-6-9-13-22)23-14-10-7-11-15-23/h6-17,19-21,25H,18H2,1-5H3,(H,31,32)/t20-,21-/m0/s1. The summed E-state index contributed by atoms with van der Waals surface area (Å²) < 4.78 is 17.0. The van der Waals surface area contributed by atoms with E-state index in [1.165, 1.54) is 13.3 Å². The monoisotopic (exact) mass is 490 g/mol. The van der Waals surface area contributed by atoms with Crippen LogP contribution in [0.4, 0.5) is 0 Å². The molecule has 0 saturated carbocycles. The molecule has 2 aromatic carbocycles. The van der Waals surface area contributed by atoms with E-state index in [4.69, 9.17) is 14.2 Å². The van der Waals surface area contributed by atoms with Gasteiger partial charge in [-0.25, -0.2) is 9.78 Å². The highest BCUT2D eigenvalue weighted by Crippen LogP contribution is 2.31. The topological polar surface area (TPSA) is 86.8 Å². The summed E-state index contributed by atoms with van der Waals surface area (Å²) >= 11 is 0. The van der Waals surface area contributed by atoms with Crippen LogP contribution in [0.5, 0.6) is 11.5 Å². The minimum Gasteiger partial charge on any atom is -0.493 e. The third-order valence-corrected chi connectivity index (χ3v) is 5.65. The van der Waals surface area contributed by atoms with Crippen LogP contribution in [0.1, 0.15) is 55.2 Å². The molecule has 1 amide bonds. The number of amides is 1. The maximum atomic E-state index is 13.0. The Hall–Kier alpha value is -3.87. The Morgan fingerprint density at radius 2 is 1.47 bits per heavy atom. The maximum Gasteiger partial charge on any atom is 0.328 e. The van der Waals surface area contributed by atoms with Crippen LogP contribution in [0.2, 0.25) is 0 Å². The normalized spacial score (nSPS) is 12.6. The lowest BCUT2D eigenvalue weighted by Crippen LogP contribution is -2.41. The lowest BCUT2D eigenvalue weighted by Gasteiger charge is -2.26. The van der Waals surface area contributed by atoms with Gasteiger partial charge in [-0.05, 0) is 30.9 Å². The van der Waals surface area contributed by atoms with Gasteiger partial charge in [0, 0.05) is 18.2 Å². The molecule has 0 aliphatic carbocycles. The summed E-state index contributed by atoms with van der Waals surface area (Å²) in [5.41, 5.74) is 2.12. The summed E-state index contributed by atoms with van der Waals surface area (Å²) in [6.45, 7) is 7.83. The number of carbonyl (C=O) groups excluding carboxylic acids is 2. The van der Waals surface area contributed by atoms with E-state index in [9.17, 15) is 9.59 Å². The Labute approximate surface area is 212 Å². The van der Waals surface area contributed by atoms with Crippen molar-refractivity contribution in [1.82, 2.24) is 10.3 Å². The van der Waals surface area contributed by atoms with E-state index < -0.39 is 24.0 Å². The number of methoxy groups -OCH3 is 1. The van der Waals surface area contributed by atoms with Crippen LogP contribution in [-0.4, -0.2) is 42.7 Å². The van der Waals surface area contributed by atoms with Crippen molar-refractivity contribution in [3.8, 4) is 11.5 Å². The number of pyridine rings is 1. The Balaban J connectivity index is 1.74. The van der Waals surface area contributed by atoms with E-state index in [0.717, 1.165) is 11.1 Å². The Kier molecular flexibility index (Phi) is 9.45. The highest BCUT2D eigenvalue weighted by Gasteiger charge is 2.28. The van der Waals surface area contributed by atoms with Crippen molar-refractivity contribution < 1.29 is 23.8 Å². The van der Waals surface area contributed by atoms with Gasteiger partial charge in [-0.1, -0.05) is 74.5 Å². The minimum absolute atomic E-state index is 0.0501. The summed E-state index contributed by atoms with van der Waals surface area (Å²) in [4.78, 5) is 30.2. The zero-order chi connectivity index (χ0) is 26.1. The van der Waals surface area contributed by atoms with E-state index in [2.05, 4.69) is 10.3 Å². The van der Waals surface area contributed by atoms with Crippen molar-refractivity contribution in [2.75, 3.05) is 13.7 Å². The quantitative estimate of drug-likeness (QED) is 0.381. The zero-order valence-corrected chi connectivity index (χ0v) is 21.4. The number of benzene rings is 2. The third-order valence-electron chi connectivity index (χ3n) is 5.65. The van der Waals surface area contributed by atoms with Gasteiger partial charge < -0.3 is 19.5 Å². The van der Waals surface area contributed by atoms with Gasteiger partial charge in [-0.2, -0.15) is 0 Å². The maximum absolute atomic E-state index is 13.0. The highest BCUT2D eigenvalue weighted by molar-refractivity contribution is 5.98. The molecule has 0 spiro atoms. The second-order valence-corrected chi connectivity index (χ2v) is 9.03. The molecule has 0 saturated heterocycles. The van der Waals surface area contributed by atoms with Crippen molar-refractivity contribution in [1.29, 1.82) is 0 Å². The van der Waals surface area contributed by atoms with E-state index in [1.54, 1.807) is 13.0 Å². The largest absolute Gasteiger partial charge is 0.493 e. The fourth-order valence-corrected chi connectivity index (χ4v) is 3.87. The molecule has 0 aliphatic rings. The molecule has 2 atom stereocenters. The molecule has 1 heterocycles. The number of carbonyl (C=O) groups is 2. The predicted octanol–water partition coefficient (Wildman–Crippen LogP) is 5.01. The SMILES string of the molecule is COc1ccnc(C(=O)N[C@@H](C)C(=O)O[C@@H](C)C(c2ccccc2)c2ccccc2)c1OCC(C)C. The second-order valence-electron chi connectivity index (χ2n) is 9.03. The molecule has 0 bridgehead atoms. The average molecular weight is 491 g/mol. The summed E-state index contributed by atoms with van der Waals surface area (Å²) in [5, 5.41) is 2.69. The lowest BCUT2D eigenvalue weighted by atomic mass is 9.87. The van der Waals surface area contributed by atoms with Crippen molar-refractivity contribution in [3.05, 3.63) is 89.7 Å². The molecular formula is C29H34N2O5. The predicted molar refractivity (Wildman–Crippen MR) is 138 cm³/mol. The molecule has 0 aliphatic heterocycles. The molecule has 7 heteroatoms. The molecule has 3 aromatic rings. The number of ether oxygens (including phenoxy) is 3. The van der Waals surface area contributed by atoms with Gasteiger partial charge in [0.25, 0.3) is 5.91 Å². The van der Waals surface area contributed by atoms with Gasteiger partial charge in [-0.15, -0.1) is 0 Å². The molecule has 7 nitrogen and oxygen atoms in total. The van der Waals surface area contributed by atoms with Crippen molar-refractivity contribution in [2.24, 2.45) is 5.92 Å². The van der Waals surface area contributed by atoms with Crippen LogP contribution < -0.4 is 14.8 Å².